The van der Waals surface area contributed by atoms with Crippen LogP contribution in [0.1, 0.15) is 31.1 Å². The fraction of sp³-hybridized carbons (Fsp3) is 0.316. The molecule has 2 aromatic carbocycles. The lowest BCUT2D eigenvalue weighted by molar-refractivity contribution is 0.102. The first-order valence-electron chi connectivity index (χ1n) is 9.11. The van der Waals surface area contributed by atoms with E-state index >= 15 is 0 Å². The molecule has 164 valence electrons. The molecule has 0 heterocycles. The summed E-state index contributed by atoms with van der Waals surface area (Å²) in [5.74, 6) is -0.403. The van der Waals surface area contributed by atoms with Crippen molar-refractivity contribution in [2.45, 2.75) is 36.6 Å². The zero-order valence-corrected chi connectivity index (χ0v) is 18.7. The lowest BCUT2D eigenvalue weighted by Crippen LogP contribution is -2.30. The average Bonchev–Trinajstić information content (AvgIpc) is 2.66. The number of benzene rings is 2. The van der Waals surface area contributed by atoms with Gasteiger partial charge in [-0.3, -0.25) is 4.79 Å². The molecule has 0 unspecified atom stereocenters. The van der Waals surface area contributed by atoms with E-state index in [9.17, 15) is 21.6 Å². The number of hydrogen-bond donors (Lipinski definition) is 3. The minimum Gasteiger partial charge on any atom is -0.496 e. The van der Waals surface area contributed by atoms with Crippen LogP contribution in [0.2, 0.25) is 0 Å². The third kappa shape index (κ3) is 5.79. The number of carbonyl (C=O) groups excluding carboxylic acids is 1. The summed E-state index contributed by atoms with van der Waals surface area (Å²) in [5.41, 5.74) is 0.361. The van der Waals surface area contributed by atoms with Crippen molar-refractivity contribution in [3.05, 3.63) is 48.0 Å². The Labute approximate surface area is 176 Å². The normalized spacial score (nSPS) is 12.0. The van der Waals surface area contributed by atoms with Crippen LogP contribution in [0.4, 0.5) is 5.69 Å². The van der Waals surface area contributed by atoms with Crippen molar-refractivity contribution in [1.82, 2.24) is 9.44 Å². The average molecular weight is 456 g/mol. The largest absolute Gasteiger partial charge is 0.496 e. The highest BCUT2D eigenvalue weighted by molar-refractivity contribution is 7.89. The molecule has 0 aliphatic carbocycles. The molecule has 0 fully saturated rings. The first kappa shape index (κ1) is 23.8. The van der Waals surface area contributed by atoms with E-state index in [0.717, 1.165) is 0 Å². The second-order valence-electron chi connectivity index (χ2n) is 6.62. The third-order valence-electron chi connectivity index (χ3n) is 3.87. The lowest BCUT2D eigenvalue weighted by Gasteiger charge is -2.13. The molecule has 11 heteroatoms. The Morgan fingerprint density at radius 2 is 1.57 bits per heavy atom. The Balaban J connectivity index is 2.29. The van der Waals surface area contributed by atoms with Gasteiger partial charge in [0.15, 0.2) is 0 Å². The SMILES string of the molecule is CCNS(=O)(=O)c1ccc(OC)c(C(=O)Nc2ccc(S(=O)(=O)NC(C)C)cc2)c1. The molecule has 0 aliphatic rings. The Kier molecular flexibility index (Phi) is 7.59. The molecule has 0 radical (unpaired) electrons. The molecule has 2 rings (SSSR count). The van der Waals surface area contributed by atoms with E-state index in [1.54, 1.807) is 20.8 Å². The number of hydrogen-bond acceptors (Lipinski definition) is 6. The predicted molar refractivity (Wildman–Crippen MR) is 114 cm³/mol. The molecule has 0 bridgehead atoms. The van der Waals surface area contributed by atoms with Gasteiger partial charge in [-0.15, -0.1) is 0 Å². The van der Waals surface area contributed by atoms with E-state index in [4.69, 9.17) is 4.74 Å². The van der Waals surface area contributed by atoms with E-state index in [-0.39, 0.29) is 33.7 Å². The van der Waals surface area contributed by atoms with Gasteiger partial charge in [-0.2, -0.15) is 0 Å². The zero-order valence-electron chi connectivity index (χ0n) is 17.1. The van der Waals surface area contributed by atoms with E-state index in [1.807, 2.05) is 0 Å². The van der Waals surface area contributed by atoms with Gasteiger partial charge in [0.25, 0.3) is 5.91 Å². The number of methoxy groups -OCH3 is 1. The fourth-order valence-electron chi connectivity index (χ4n) is 2.60. The molecule has 30 heavy (non-hydrogen) atoms. The Bertz CT molecular complexity index is 1110. The predicted octanol–water partition coefficient (Wildman–Crippen LogP) is 1.93. The zero-order chi connectivity index (χ0) is 22.5. The van der Waals surface area contributed by atoms with Crippen LogP contribution in [0.3, 0.4) is 0 Å². The summed E-state index contributed by atoms with van der Waals surface area (Å²) in [7, 11) is -6.04. The van der Waals surface area contributed by atoms with Gasteiger partial charge in [-0.25, -0.2) is 26.3 Å². The van der Waals surface area contributed by atoms with Gasteiger partial charge in [0.1, 0.15) is 5.75 Å². The summed E-state index contributed by atoms with van der Waals surface area (Å²) in [6.07, 6.45) is 0. The molecule has 0 aliphatic heterocycles. The molecule has 0 spiro atoms. The van der Waals surface area contributed by atoms with Gasteiger partial charge in [-0.05, 0) is 56.3 Å². The van der Waals surface area contributed by atoms with Crippen molar-refractivity contribution >= 4 is 31.6 Å². The first-order valence-corrected chi connectivity index (χ1v) is 12.1. The monoisotopic (exact) mass is 455 g/mol. The second-order valence-corrected chi connectivity index (χ2v) is 10.1. The van der Waals surface area contributed by atoms with Gasteiger partial charge in [0.2, 0.25) is 20.0 Å². The number of rotatable bonds is 9. The molecular weight excluding hydrogens is 430 g/mol. The Morgan fingerprint density at radius 1 is 0.967 bits per heavy atom. The minimum absolute atomic E-state index is 0.0228. The molecule has 0 aromatic heterocycles. The molecule has 0 atom stereocenters. The Morgan fingerprint density at radius 3 is 2.10 bits per heavy atom. The molecular formula is C19H25N3O6S2. The molecule has 2 aromatic rings. The number of nitrogens with one attached hydrogen (secondary N) is 3. The van der Waals surface area contributed by atoms with Crippen LogP contribution in [-0.4, -0.2) is 42.4 Å². The highest BCUT2D eigenvalue weighted by Crippen LogP contribution is 2.24. The number of amides is 1. The van der Waals surface area contributed by atoms with Gasteiger partial charge in [0.05, 0.1) is 22.5 Å². The van der Waals surface area contributed by atoms with Gasteiger partial charge < -0.3 is 10.1 Å². The van der Waals surface area contributed by atoms with Crippen molar-refractivity contribution in [2.75, 3.05) is 19.0 Å². The minimum atomic E-state index is -3.76. The number of carbonyl (C=O) groups is 1. The van der Waals surface area contributed by atoms with Crippen LogP contribution in [0.15, 0.2) is 52.3 Å². The smallest absolute Gasteiger partial charge is 0.259 e. The van der Waals surface area contributed by atoms with Crippen LogP contribution < -0.4 is 19.5 Å². The second kappa shape index (κ2) is 9.56. The van der Waals surface area contributed by atoms with Crippen molar-refractivity contribution in [3.63, 3.8) is 0 Å². The summed E-state index contributed by atoms with van der Waals surface area (Å²) in [4.78, 5) is 12.7. The maximum atomic E-state index is 12.7. The maximum Gasteiger partial charge on any atom is 0.259 e. The van der Waals surface area contributed by atoms with Gasteiger partial charge in [0, 0.05) is 18.3 Å². The fourth-order valence-corrected chi connectivity index (χ4v) is 4.92. The van der Waals surface area contributed by atoms with Crippen LogP contribution in [0.5, 0.6) is 5.75 Å². The highest BCUT2D eigenvalue weighted by Gasteiger charge is 2.20. The van der Waals surface area contributed by atoms with Gasteiger partial charge >= 0.3 is 0 Å². The molecule has 0 saturated carbocycles. The quantitative estimate of drug-likeness (QED) is 0.530. The first-order chi connectivity index (χ1) is 14.0. The van der Waals surface area contributed by atoms with Crippen LogP contribution in [0, 0.1) is 0 Å². The van der Waals surface area contributed by atoms with Crippen LogP contribution >= 0.6 is 0 Å². The highest BCUT2D eigenvalue weighted by atomic mass is 32.2. The Hall–Kier alpha value is -2.47. The molecule has 0 saturated heterocycles. The van der Waals surface area contributed by atoms with Crippen molar-refractivity contribution in [2.24, 2.45) is 0 Å². The van der Waals surface area contributed by atoms with Crippen LogP contribution in [-0.2, 0) is 20.0 Å². The summed E-state index contributed by atoms with van der Waals surface area (Å²) in [6.45, 7) is 5.28. The maximum absolute atomic E-state index is 12.7. The van der Waals surface area contributed by atoms with Crippen molar-refractivity contribution in [1.29, 1.82) is 0 Å². The van der Waals surface area contributed by atoms with Crippen molar-refractivity contribution in [3.8, 4) is 5.75 Å². The summed E-state index contributed by atoms with van der Waals surface area (Å²) < 4.78 is 58.8. The standard InChI is InChI=1S/C19H25N3O6S2/c1-5-20-29(24,25)16-10-11-18(28-4)17(12-16)19(23)21-14-6-8-15(9-7-14)30(26,27)22-13(2)3/h6-13,20,22H,5H2,1-4H3,(H,21,23). The summed E-state index contributed by atoms with van der Waals surface area (Å²) in [6, 6.07) is 9.32. The van der Waals surface area contributed by atoms with Gasteiger partial charge in [-0.1, -0.05) is 6.92 Å². The van der Waals surface area contributed by atoms with E-state index in [1.165, 1.54) is 49.6 Å². The van der Waals surface area contributed by atoms with E-state index in [0.29, 0.717) is 5.69 Å². The number of anilines is 1. The van der Waals surface area contributed by atoms with E-state index in [2.05, 4.69) is 14.8 Å². The van der Waals surface area contributed by atoms with E-state index < -0.39 is 26.0 Å². The summed E-state index contributed by atoms with van der Waals surface area (Å²) >= 11 is 0. The molecule has 1 amide bonds. The lowest BCUT2D eigenvalue weighted by atomic mass is 10.2. The molecule has 3 N–H and O–H groups in total. The number of sulfonamides is 2. The summed E-state index contributed by atoms with van der Waals surface area (Å²) in [5, 5.41) is 2.61. The van der Waals surface area contributed by atoms with Crippen molar-refractivity contribution < 1.29 is 26.4 Å². The third-order valence-corrected chi connectivity index (χ3v) is 7.09. The topological polar surface area (TPSA) is 131 Å². The van der Waals surface area contributed by atoms with Crippen LogP contribution in [0.25, 0.3) is 0 Å². The number of ether oxygens (including phenoxy) is 1. The molecule has 9 nitrogen and oxygen atoms in total.